The molecule has 0 radical (unpaired) electrons. The van der Waals surface area contributed by atoms with E-state index < -0.39 is 5.97 Å². The number of nitrogens with zero attached hydrogens (tertiary/aromatic N) is 1. The number of carboxylic acids is 1. The SMILES string of the molecule is CC(CN(C)C)C(CCC(=O)O)(Cc1ccccc1)c1ccccc1. The second-order valence-electron chi connectivity index (χ2n) is 7.24. The van der Waals surface area contributed by atoms with Crippen LogP contribution in [0.3, 0.4) is 0 Å². The van der Waals surface area contributed by atoms with Gasteiger partial charge in [0.05, 0.1) is 0 Å². The second kappa shape index (κ2) is 8.82. The van der Waals surface area contributed by atoms with Crippen molar-refractivity contribution in [2.75, 3.05) is 20.6 Å². The summed E-state index contributed by atoms with van der Waals surface area (Å²) in [5.41, 5.74) is 2.28. The Morgan fingerprint density at radius 2 is 1.60 bits per heavy atom. The van der Waals surface area contributed by atoms with Crippen molar-refractivity contribution in [3.05, 3.63) is 71.8 Å². The van der Waals surface area contributed by atoms with Crippen molar-refractivity contribution in [1.29, 1.82) is 0 Å². The molecule has 0 amide bonds. The van der Waals surface area contributed by atoms with Crippen LogP contribution in [-0.4, -0.2) is 36.6 Å². The topological polar surface area (TPSA) is 40.5 Å². The fourth-order valence-electron chi connectivity index (χ4n) is 3.82. The minimum absolute atomic E-state index is 0.180. The number of rotatable bonds is 9. The minimum Gasteiger partial charge on any atom is -0.481 e. The highest BCUT2D eigenvalue weighted by Crippen LogP contribution is 2.40. The zero-order chi connectivity index (χ0) is 18.3. The second-order valence-corrected chi connectivity index (χ2v) is 7.24. The third-order valence-electron chi connectivity index (χ3n) is 5.08. The molecule has 0 aliphatic rings. The molecule has 134 valence electrons. The Labute approximate surface area is 151 Å². The van der Waals surface area contributed by atoms with Crippen LogP contribution < -0.4 is 0 Å². The lowest BCUT2D eigenvalue weighted by atomic mass is 9.64. The maximum atomic E-state index is 11.4. The highest BCUT2D eigenvalue weighted by Gasteiger charge is 2.38. The van der Waals surface area contributed by atoms with Crippen LogP contribution in [0.2, 0.25) is 0 Å². The molecule has 0 fully saturated rings. The molecule has 0 aromatic heterocycles. The molecule has 2 unspecified atom stereocenters. The minimum atomic E-state index is -0.731. The van der Waals surface area contributed by atoms with Crippen LogP contribution in [0.1, 0.15) is 30.9 Å². The fourth-order valence-corrected chi connectivity index (χ4v) is 3.82. The Bertz CT molecular complexity index is 654. The zero-order valence-corrected chi connectivity index (χ0v) is 15.5. The predicted octanol–water partition coefficient (Wildman–Crippen LogP) is 4.23. The summed E-state index contributed by atoms with van der Waals surface area (Å²) < 4.78 is 0. The van der Waals surface area contributed by atoms with Crippen molar-refractivity contribution in [1.82, 2.24) is 4.90 Å². The smallest absolute Gasteiger partial charge is 0.303 e. The Hall–Kier alpha value is -2.13. The largest absolute Gasteiger partial charge is 0.481 e. The predicted molar refractivity (Wildman–Crippen MR) is 103 cm³/mol. The zero-order valence-electron chi connectivity index (χ0n) is 15.5. The van der Waals surface area contributed by atoms with E-state index in [9.17, 15) is 9.90 Å². The van der Waals surface area contributed by atoms with Crippen molar-refractivity contribution < 1.29 is 9.90 Å². The highest BCUT2D eigenvalue weighted by atomic mass is 16.4. The Balaban J connectivity index is 2.48. The molecule has 2 aromatic rings. The quantitative estimate of drug-likeness (QED) is 0.743. The van der Waals surface area contributed by atoms with Crippen LogP contribution in [0.25, 0.3) is 0 Å². The van der Waals surface area contributed by atoms with Gasteiger partial charge in [-0.2, -0.15) is 0 Å². The first kappa shape index (κ1) is 19.2. The number of aliphatic carboxylic acids is 1. The van der Waals surface area contributed by atoms with Crippen molar-refractivity contribution >= 4 is 5.97 Å². The van der Waals surface area contributed by atoms with Crippen molar-refractivity contribution in [3.8, 4) is 0 Å². The summed E-state index contributed by atoms with van der Waals surface area (Å²) in [6, 6.07) is 20.8. The van der Waals surface area contributed by atoms with Gasteiger partial charge in [-0.1, -0.05) is 67.6 Å². The highest BCUT2D eigenvalue weighted by molar-refractivity contribution is 5.67. The first-order valence-electron chi connectivity index (χ1n) is 8.90. The molecular formula is C22H29NO2. The van der Waals surface area contributed by atoms with Gasteiger partial charge in [-0.15, -0.1) is 0 Å². The molecule has 2 atom stereocenters. The number of benzene rings is 2. The summed E-state index contributed by atoms with van der Waals surface area (Å²) in [7, 11) is 4.15. The van der Waals surface area contributed by atoms with E-state index >= 15 is 0 Å². The van der Waals surface area contributed by atoms with Gasteiger partial charge in [-0.05, 0) is 44.0 Å². The standard InChI is InChI=1S/C22H29NO2/c1-18(17-23(2)3)22(15-14-21(24)25,20-12-8-5-9-13-20)16-19-10-6-4-7-11-19/h4-13,18H,14-17H2,1-3H3,(H,24,25). The number of hydrogen-bond donors (Lipinski definition) is 1. The molecule has 3 nitrogen and oxygen atoms in total. The molecule has 0 heterocycles. The lowest BCUT2D eigenvalue weighted by molar-refractivity contribution is -0.137. The van der Waals surface area contributed by atoms with Crippen molar-refractivity contribution in [2.45, 2.75) is 31.6 Å². The average molecular weight is 339 g/mol. The summed E-state index contributed by atoms with van der Waals surface area (Å²) >= 11 is 0. The molecule has 0 bridgehead atoms. The molecule has 2 aromatic carbocycles. The fraction of sp³-hybridized carbons (Fsp3) is 0.409. The van der Waals surface area contributed by atoms with Crippen LogP contribution >= 0.6 is 0 Å². The van der Waals surface area contributed by atoms with E-state index in [-0.39, 0.29) is 11.8 Å². The van der Waals surface area contributed by atoms with Gasteiger partial charge in [0, 0.05) is 18.4 Å². The Morgan fingerprint density at radius 1 is 1.04 bits per heavy atom. The molecule has 0 aliphatic heterocycles. The van der Waals surface area contributed by atoms with Crippen molar-refractivity contribution in [2.24, 2.45) is 5.92 Å². The first-order valence-corrected chi connectivity index (χ1v) is 8.90. The summed E-state index contributed by atoms with van der Waals surface area (Å²) in [4.78, 5) is 13.6. The molecule has 0 saturated heterocycles. The van der Waals surface area contributed by atoms with E-state index in [0.717, 1.165) is 13.0 Å². The molecule has 0 aliphatic carbocycles. The van der Waals surface area contributed by atoms with E-state index in [1.165, 1.54) is 11.1 Å². The number of hydrogen-bond acceptors (Lipinski definition) is 2. The monoisotopic (exact) mass is 339 g/mol. The lowest BCUT2D eigenvalue weighted by Gasteiger charge is -2.41. The van der Waals surface area contributed by atoms with E-state index in [2.05, 4.69) is 74.4 Å². The van der Waals surface area contributed by atoms with Crippen LogP contribution in [0.5, 0.6) is 0 Å². The molecular weight excluding hydrogens is 310 g/mol. The maximum Gasteiger partial charge on any atom is 0.303 e. The summed E-state index contributed by atoms with van der Waals surface area (Å²) in [5, 5.41) is 9.34. The third-order valence-corrected chi connectivity index (χ3v) is 5.08. The summed E-state index contributed by atoms with van der Waals surface area (Å²) in [6.07, 6.45) is 1.66. The van der Waals surface area contributed by atoms with E-state index in [1.54, 1.807) is 0 Å². The molecule has 25 heavy (non-hydrogen) atoms. The molecule has 0 saturated carbocycles. The van der Waals surface area contributed by atoms with Gasteiger partial charge in [0.15, 0.2) is 0 Å². The van der Waals surface area contributed by atoms with Crippen LogP contribution in [0, 0.1) is 5.92 Å². The average Bonchev–Trinajstić information content (AvgIpc) is 2.59. The number of carbonyl (C=O) groups is 1. The van der Waals surface area contributed by atoms with Gasteiger partial charge < -0.3 is 10.0 Å². The lowest BCUT2D eigenvalue weighted by Crippen LogP contribution is -2.41. The van der Waals surface area contributed by atoms with E-state index in [4.69, 9.17) is 0 Å². The van der Waals surface area contributed by atoms with Gasteiger partial charge in [0.2, 0.25) is 0 Å². The van der Waals surface area contributed by atoms with Gasteiger partial charge in [-0.25, -0.2) is 0 Å². The maximum absolute atomic E-state index is 11.4. The Morgan fingerprint density at radius 3 is 2.12 bits per heavy atom. The van der Waals surface area contributed by atoms with Crippen LogP contribution in [-0.2, 0) is 16.6 Å². The van der Waals surface area contributed by atoms with Crippen molar-refractivity contribution in [3.63, 3.8) is 0 Å². The van der Waals surface area contributed by atoms with Gasteiger partial charge in [-0.3, -0.25) is 4.79 Å². The van der Waals surface area contributed by atoms with Gasteiger partial charge in [0.1, 0.15) is 0 Å². The molecule has 2 rings (SSSR count). The Kier molecular flexibility index (Phi) is 6.77. The van der Waals surface area contributed by atoms with Crippen LogP contribution in [0.15, 0.2) is 60.7 Å². The molecule has 3 heteroatoms. The summed E-state index contributed by atoms with van der Waals surface area (Å²) in [5.74, 6) is -0.408. The number of carboxylic acid groups (broad SMARTS) is 1. The third kappa shape index (κ3) is 5.17. The van der Waals surface area contributed by atoms with Gasteiger partial charge >= 0.3 is 5.97 Å². The van der Waals surface area contributed by atoms with E-state index in [0.29, 0.717) is 12.3 Å². The molecule has 1 N–H and O–H groups in total. The van der Waals surface area contributed by atoms with Crippen LogP contribution in [0.4, 0.5) is 0 Å². The van der Waals surface area contributed by atoms with E-state index in [1.807, 2.05) is 12.1 Å². The van der Waals surface area contributed by atoms with Gasteiger partial charge in [0.25, 0.3) is 0 Å². The normalized spacial score (nSPS) is 14.9. The first-order chi connectivity index (χ1) is 11.9. The summed E-state index contributed by atoms with van der Waals surface area (Å²) in [6.45, 7) is 3.17. The molecule has 0 spiro atoms.